The Morgan fingerprint density at radius 1 is 1.36 bits per heavy atom. The molecule has 2 rings (SSSR count). The minimum Gasteiger partial charge on any atom is -0.367 e. The van der Waals surface area contributed by atoms with Crippen LogP contribution in [0.4, 0.5) is 0 Å². The van der Waals surface area contributed by atoms with Crippen LogP contribution in [-0.2, 0) is 0 Å². The Balaban J connectivity index is 2.24. The van der Waals surface area contributed by atoms with Crippen LogP contribution in [0.25, 0.3) is 5.43 Å². The smallest absolute Gasteiger partial charge is 0.249 e. The van der Waals surface area contributed by atoms with Crippen LogP contribution in [0, 0.1) is 10.1 Å². The first-order chi connectivity index (χ1) is 6.79. The summed E-state index contributed by atoms with van der Waals surface area (Å²) in [4.78, 5) is 10.1. The molecule has 1 heterocycles. The van der Waals surface area contributed by atoms with E-state index in [1.165, 1.54) is 0 Å². The van der Waals surface area contributed by atoms with E-state index in [-0.39, 0.29) is 0 Å². The second-order valence-electron chi connectivity index (χ2n) is 2.87. The highest BCUT2D eigenvalue weighted by atomic mass is 16.6. The minimum absolute atomic E-state index is 0.475. The van der Waals surface area contributed by atoms with Crippen molar-refractivity contribution in [3.63, 3.8) is 0 Å². The predicted octanol–water partition coefficient (Wildman–Crippen LogP) is 2.08. The molecule has 2 atom stereocenters. The molecule has 1 aromatic rings. The van der Waals surface area contributed by atoms with Crippen LogP contribution >= 0.6 is 0 Å². The molecule has 6 heteroatoms. The van der Waals surface area contributed by atoms with Crippen LogP contribution in [-0.4, -0.2) is 11.1 Å². The molecule has 0 aromatic heterocycles. The van der Waals surface area contributed by atoms with Gasteiger partial charge in [-0.2, -0.15) is 0 Å². The van der Waals surface area contributed by atoms with Crippen molar-refractivity contribution in [3.8, 4) is 0 Å². The Morgan fingerprint density at radius 2 is 2.07 bits per heavy atom. The summed E-state index contributed by atoms with van der Waals surface area (Å²) < 4.78 is 0. The van der Waals surface area contributed by atoms with Gasteiger partial charge in [0.25, 0.3) is 0 Å². The topological polar surface area (TPSA) is 82.0 Å². The summed E-state index contributed by atoms with van der Waals surface area (Å²) in [5, 5.41) is 17.4. The predicted molar refractivity (Wildman–Crippen MR) is 48.2 cm³/mol. The summed E-state index contributed by atoms with van der Waals surface area (Å²) in [6, 6.07) is 8.43. The zero-order valence-electron chi connectivity index (χ0n) is 7.15. The van der Waals surface area contributed by atoms with Crippen LogP contribution in [0.2, 0.25) is 0 Å². The molecule has 0 bridgehead atoms. The van der Waals surface area contributed by atoms with E-state index in [2.05, 4.69) is 15.8 Å². The number of nitro groups is 1. The average Bonchev–Trinajstić information content (AvgIpc) is 2.67. The molecular weight excluding hydrogens is 184 g/mol. The van der Waals surface area contributed by atoms with Gasteiger partial charge in [-0.25, -0.2) is 0 Å². The van der Waals surface area contributed by atoms with Crippen molar-refractivity contribution in [1.29, 1.82) is 0 Å². The Hall–Kier alpha value is -1.98. The maximum atomic E-state index is 10.6. The fraction of sp³-hybridized carbons (Fsp3) is 0.250. The standard InChI is InChI=1S/C8H7N4O2/c13-12(14)8-7(9-11-10-8)6-4-2-1-3-5-6/h1-5,7-8H/q-1. The molecule has 2 unspecified atom stereocenters. The summed E-state index contributed by atoms with van der Waals surface area (Å²) >= 11 is 0. The zero-order valence-corrected chi connectivity index (χ0v) is 7.15. The molecule has 1 aliphatic heterocycles. The summed E-state index contributed by atoms with van der Waals surface area (Å²) in [5.41, 5.74) is 4.49. The molecule has 1 aromatic carbocycles. The van der Waals surface area contributed by atoms with Crippen LogP contribution in [0.5, 0.6) is 0 Å². The molecule has 14 heavy (non-hydrogen) atoms. The summed E-state index contributed by atoms with van der Waals surface area (Å²) in [6.07, 6.45) is -1.07. The molecule has 0 radical (unpaired) electrons. The molecule has 0 fully saturated rings. The third-order valence-electron chi connectivity index (χ3n) is 1.99. The van der Waals surface area contributed by atoms with Crippen molar-refractivity contribution in [3.05, 3.63) is 51.4 Å². The molecule has 0 aliphatic carbocycles. The number of benzene rings is 1. The molecule has 0 spiro atoms. The Morgan fingerprint density at radius 3 is 2.71 bits per heavy atom. The maximum absolute atomic E-state index is 10.6. The van der Waals surface area contributed by atoms with Gasteiger partial charge < -0.3 is 10.5 Å². The van der Waals surface area contributed by atoms with Crippen LogP contribution < -0.4 is 0 Å². The third-order valence-corrected chi connectivity index (χ3v) is 1.99. The lowest BCUT2D eigenvalue weighted by Crippen LogP contribution is -2.21. The highest BCUT2D eigenvalue weighted by molar-refractivity contribution is 5.24. The van der Waals surface area contributed by atoms with E-state index in [0.717, 1.165) is 5.56 Å². The van der Waals surface area contributed by atoms with Gasteiger partial charge in [0.1, 0.15) is 0 Å². The number of nitrogens with zero attached hydrogens (tertiary/aromatic N) is 4. The Bertz CT molecular complexity index is 365. The second-order valence-corrected chi connectivity index (χ2v) is 2.87. The molecule has 0 saturated carbocycles. The molecule has 0 saturated heterocycles. The summed E-state index contributed by atoms with van der Waals surface area (Å²) in [7, 11) is 0. The van der Waals surface area contributed by atoms with Gasteiger partial charge in [-0.05, 0) is 5.56 Å². The highest BCUT2D eigenvalue weighted by Crippen LogP contribution is 2.33. The lowest BCUT2D eigenvalue weighted by Gasteiger charge is -2.16. The van der Waals surface area contributed by atoms with E-state index < -0.39 is 17.1 Å². The first-order valence-corrected chi connectivity index (χ1v) is 4.07. The molecule has 72 valence electrons. The maximum Gasteiger partial charge on any atom is 0.249 e. The van der Waals surface area contributed by atoms with Crippen LogP contribution in [0.1, 0.15) is 11.6 Å². The SMILES string of the molecule is O=[N+]([O-])C1N=N[N-]C1c1ccccc1. The fourth-order valence-corrected chi connectivity index (χ4v) is 1.31. The van der Waals surface area contributed by atoms with E-state index in [4.69, 9.17) is 0 Å². The first-order valence-electron chi connectivity index (χ1n) is 4.07. The van der Waals surface area contributed by atoms with Gasteiger partial charge in [0, 0.05) is 4.92 Å². The van der Waals surface area contributed by atoms with Crippen molar-refractivity contribution in [2.45, 2.75) is 12.2 Å². The van der Waals surface area contributed by atoms with Gasteiger partial charge in [-0.15, -0.1) is 0 Å². The fourth-order valence-electron chi connectivity index (χ4n) is 1.31. The van der Waals surface area contributed by atoms with Gasteiger partial charge in [0.2, 0.25) is 6.17 Å². The molecule has 0 amide bonds. The number of rotatable bonds is 2. The van der Waals surface area contributed by atoms with Gasteiger partial charge in [0.15, 0.2) is 0 Å². The molecule has 0 N–H and O–H groups in total. The monoisotopic (exact) mass is 191 g/mol. The highest BCUT2D eigenvalue weighted by Gasteiger charge is 2.27. The molecule has 6 nitrogen and oxygen atoms in total. The van der Waals surface area contributed by atoms with Gasteiger partial charge in [-0.1, -0.05) is 30.3 Å². The van der Waals surface area contributed by atoms with Gasteiger partial charge >= 0.3 is 0 Å². The van der Waals surface area contributed by atoms with E-state index in [1.807, 2.05) is 6.07 Å². The van der Waals surface area contributed by atoms with Crippen molar-refractivity contribution >= 4 is 0 Å². The third kappa shape index (κ3) is 1.41. The van der Waals surface area contributed by atoms with E-state index in [9.17, 15) is 10.1 Å². The van der Waals surface area contributed by atoms with E-state index in [1.54, 1.807) is 24.3 Å². The second kappa shape index (κ2) is 3.41. The average molecular weight is 191 g/mol. The van der Waals surface area contributed by atoms with Gasteiger partial charge in [0.05, 0.1) is 6.04 Å². The molecule has 1 aliphatic rings. The Labute approximate surface area is 79.8 Å². The summed E-state index contributed by atoms with van der Waals surface area (Å²) in [6.45, 7) is 0. The number of hydrogen-bond acceptors (Lipinski definition) is 4. The quantitative estimate of drug-likeness (QED) is 0.529. The van der Waals surface area contributed by atoms with Crippen molar-refractivity contribution in [2.75, 3.05) is 0 Å². The lowest BCUT2D eigenvalue weighted by molar-refractivity contribution is -0.522. The van der Waals surface area contributed by atoms with Crippen molar-refractivity contribution in [1.82, 2.24) is 0 Å². The molecular formula is C8H7N4O2-. The van der Waals surface area contributed by atoms with Crippen LogP contribution in [0.15, 0.2) is 40.7 Å². The zero-order chi connectivity index (χ0) is 9.97. The lowest BCUT2D eigenvalue weighted by atomic mass is 10.1. The normalized spacial score (nSPS) is 24.6. The van der Waals surface area contributed by atoms with Gasteiger partial charge in [-0.3, -0.25) is 15.3 Å². The van der Waals surface area contributed by atoms with E-state index in [0.29, 0.717) is 0 Å². The largest absolute Gasteiger partial charge is 0.367 e. The van der Waals surface area contributed by atoms with Crippen LogP contribution in [0.3, 0.4) is 0 Å². The minimum atomic E-state index is -1.07. The van der Waals surface area contributed by atoms with E-state index >= 15 is 0 Å². The Kier molecular flexibility index (Phi) is 2.10. The number of hydrogen-bond donors (Lipinski definition) is 0. The summed E-state index contributed by atoms with van der Waals surface area (Å²) in [5.74, 6) is 0. The van der Waals surface area contributed by atoms with Crippen molar-refractivity contribution < 1.29 is 4.92 Å². The van der Waals surface area contributed by atoms with Crippen molar-refractivity contribution in [2.24, 2.45) is 10.3 Å². The first kappa shape index (κ1) is 8.61.